The van der Waals surface area contributed by atoms with E-state index in [1.807, 2.05) is 12.2 Å². The van der Waals surface area contributed by atoms with E-state index in [-0.39, 0.29) is 5.91 Å². The molecular formula is C11H11BrN2O3S. The van der Waals surface area contributed by atoms with Gasteiger partial charge in [0.05, 0.1) is 21.8 Å². The Morgan fingerprint density at radius 2 is 2.06 bits per heavy atom. The Labute approximate surface area is 116 Å². The SMILES string of the molecule is O=C(O)[C@H]1CC=CC[C@H]1C(=O)Nc1ncc(Br)s1. The first-order valence-corrected chi connectivity index (χ1v) is 6.99. The van der Waals surface area contributed by atoms with E-state index in [1.165, 1.54) is 11.3 Å². The average Bonchev–Trinajstić information content (AvgIpc) is 2.74. The van der Waals surface area contributed by atoms with Gasteiger partial charge >= 0.3 is 5.97 Å². The Morgan fingerprint density at radius 1 is 1.39 bits per heavy atom. The van der Waals surface area contributed by atoms with Crippen LogP contribution in [-0.4, -0.2) is 22.0 Å². The molecule has 1 aliphatic carbocycles. The number of hydrogen-bond acceptors (Lipinski definition) is 4. The molecule has 0 aromatic carbocycles. The summed E-state index contributed by atoms with van der Waals surface area (Å²) in [5.41, 5.74) is 0. The third kappa shape index (κ3) is 2.97. The zero-order valence-electron chi connectivity index (χ0n) is 9.30. The predicted octanol–water partition coefficient (Wildman–Crippen LogP) is 2.51. The fraction of sp³-hybridized carbons (Fsp3) is 0.364. The van der Waals surface area contributed by atoms with E-state index < -0.39 is 17.8 Å². The van der Waals surface area contributed by atoms with Gasteiger partial charge in [0.1, 0.15) is 0 Å². The smallest absolute Gasteiger partial charge is 0.307 e. The highest BCUT2D eigenvalue weighted by Gasteiger charge is 2.34. The molecule has 1 aromatic heterocycles. The predicted molar refractivity (Wildman–Crippen MR) is 71.4 cm³/mol. The lowest BCUT2D eigenvalue weighted by atomic mass is 9.82. The summed E-state index contributed by atoms with van der Waals surface area (Å²) in [6, 6.07) is 0. The summed E-state index contributed by atoms with van der Waals surface area (Å²) < 4.78 is 0.816. The van der Waals surface area contributed by atoms with E-state index in [1.54, 1.807) is 6.20 Å². The molecule has 5 nitrogen and oxygen atoms in total. The summed E-state index contributed by atoms with van der Waals surface area (Å²) in [5, 5.41) is 12.2. The van der Waals surface area contributed by atoms with Gasteiger partial charge < -0.3 is 10.4 Å². The molecule has 2 N–H and O–H groups in total. The number of carboxylic acid groups (broad SMARTS) is 1. The van der Waals surface area contributed by atoms with Crippen LogP contribution in [0.25, 0.3) is 0 Å². The monoisotopic (exact) mass is 330 g/mol. The maximum Gasteiger partial charge on any atom is 0.307 e. The first-order chi connectivity index (χ1) is 8.58. The summed E-state index contributed by atoms with van der Waals surface area (Å²) >= 11 is 4.55. The number of aliphatic carboxylic acids is 1. The van der Waals surface area contributed by atoms with Crippen LogP contribution >= 0.6 is 27.3 Å². The van der Waals surface area contributed by atoms with E-state index in [2.05, 4.69) is 26.2 Å². The van der Waals surface area contributed by atoms with Crippen LogP contribution in [0.4, 0.5) is 5.13 Å². The topological polar surface area (TPSA) is 79.3 Å². The molecule has 1 heterocycles. The Morgan fingerprint density at radius 3 is 2.61 bits per heavy atom. The summed E-state index contributed by atoms with van der Waals surface area (Å²) in [4.78, 5) is 27.1. The largest absolute Gasteiger partial charge is 0.481 e. The quantitative estimate of drug-likeness (QED) is 0.834. The Balaban J connectivity index is 2.07. The maximum absolute atomic E-state index is 12.0. The van der Waals surface area contributed by atoms with Crippen molar-refractivity contribution in [1.82, 2.24) is 4.98 Å². The van der Waals surface area contributed by atoms with Crippen molar-refractivity contribution in [3.05, 3.63) is 22.1 Å². The number of nitrogens with zero attached hydrogens (tertiary/aromatic N) is 1. The third-order valence-electron chi connectivity index (χ3n) is 2.79. The average molecular weight is 331 g/mol. The van der Waals surface area contributed by atoms with Crippen molar-refractivity contribution in [1.29, 1.82) is 0 Å². The highest BCUT2D eigenvalue weighted by Crippen LogP contribution is 2.29. The second kappa shape index (κ2) is 5.62. The fourth-order valence-corrected chi connectivity index (χ4v) is 3.00. The molecule has 0 unspecified atom stereocenters. The summed E-state index contributed by atoms with van der Waals surface area (Å²) in [5.74, 6) is -2.40. The van der Waals surface area contributed by atoms with Crippen molar-refractivity contribution >= 4 is 44.3 Å². The zero-order chi connectivity index (χ0) is 13.1. The van der Waals surface area contributed by atoms with Crippen LogP contribution in [0.1, 0.15) is 12.8 Å². The minimum absolute atomic E-state index is 0.284. The number of allylic oxidation sites excluding steroid dienone is 2. The van der Waals surface area contributed by atoms with Crippen LogP contribution in [0.5, 0.6) is 0 Å². The molecule has 2 atom stereocenters. The number of carbonyl (C=O) groups excluding carboxylic acids is 1. The van der Waals surface area contributed by atoms with E-state index >= 15 is 0 Å². The number of carbonyl (C=O) groups is 2. The summed E-state index contributed by atoms with van der Waals surface area (Å²) in [6.45, 7) is 0. The molecule has 1 aromatic rings. The van der Waals surface area contributed by atoms with Gasteiger partial charge in [0, 0.05) is 0 Å². The molecule has 0 fully saturated rings. The molecular weight excluding hydrogens is 320 g/mol. The van der Waals surface area contributed by atoms with Gasteiger partial charge in [-0.1, -0.05) is 23.5 Å². The van der Waals surface area contributed by atoms with Crippen molar-refractivity contribution in [3.63, 3.8) is 0 Å². The second-order valence-electron chi connectivity index (χ2n) is 3.95. The number of halogens is 1. The van der Waals surface area contributed by atoms with Crippen molar-refractivity contribution in [2.24, 2.45) is 11.8 Å². The minimum atomic E-state index is -0.931. The van der Waals surface area contributed by atoms with Crippen molar-refractivity contribution in [2.45, 2.75) is 12.8 Å². The molecule has 2 rings (SSSR count). The van der Waals surface area contributed by atoms with Gasteiger partial charge in [-0.3, -0.25) is 9.59 Å². The van der Waals surface area contributed by atoms with E-state index in [0.717, 1.165) is 3.79 Å². The van der Waals surface area contributed by atoms with E-state index in [4.69, 9.17) is 5.11 Å². The van der Waals surface area contributed by atoms with E-state index in [9.17, 15) is 9.59 Å². The normalized spacial score (nSPS) is 22.7. The number of anilines is 1. The fourth-order valence-electron chi connectivity index (χ4n) is 1.89. The molecule has 1 amide bonds. The molecule has 18 heavy (non-hydrogen) atoms. The number of hydrogen-bond donors (Lipinski definition) is 2. The van der Waals surface area contributed by atoms with Gasteiger partial charge in [0.15, 0.2) is 5.13 Å². The summed E-state index contributed by atoms with van der Waals surface area (Å²) in [6.07, 6.45) is 6.10. The van der Waals surface area contributed by atoms with Crippen LogP contribution in [0.2, 0.25) is 0 Å². The highest BCUT2D eigenvalue weighted by molar-refractivity contribution is 9.11. The van der Waals surface area contributed by atoms with Crippen LogP contribution < -0.4 is 5.32 Å². The zero-order valence-corrected chi connectivity index (χ0v) is 11.7. The lowest BCUT2D eigenvalue weighted by Crippen LogP contribution is -2.34. The molecule has 7 heteroatoms. The van der Waals surface area contributed by atoms with Gasteiger partial charge in [-0.05, 0) is 28.8 Å². The first-order valence-electron chi connectivity index (χ1n) is 5.38. The van der Waals surface area contributed by atoms with Crippen LogP contribution in [0.15, 0.2) is 22.1 Å². The molecule has 0 saturated carbocycles. The van der Waals surface area contributed by atoms with Gasteiger partial charge in [-0.2, -0.15) is 0 Å². The highest BCUT2D eigenvalue weighted by atomic mass is 79.9. The molecule has 0 saturated heterocycles. The standard InChI is InChI=1S/C11H11BrN2O3S/c12-8-5-13-11(18-8)14-9(15)6-3-1-2-4-7(6)10(16)17/h1-2,5-7H,3-4H2,(H,16,17)(H,13,14,15)/t6-,7+/m1/s1. The summed E-state index contributed by atoms with van der Waals surface area (Å²) in [7, 11) is 0. The molecule has 0 spiro atoms. The van der Waals surface area contributed by atoms with Crippen molar-refractivity contribution in [2.75, 3.05) is 5.32 Å². The number of carboxylic acids is 1. The lowest BCUT2D eigenvalue weighted by Gasteiger charge is -2.23. The maximum atomic E-state index is 12.0. The van der Waals surface area contributed by atoms with Gasteiger partial charge in [-0.25, -0.2) is 4.98 Å². The number of aromatic nitrogens is 1. The minimum Gasteiger partial charge on any atom is -0.481 e. The molecule has 1 aliphatic rings. The Kier molecular flexibility index (Phi) is 4.13. The van der Waals surface area contributed by atoms with Crippen molar-refractivity contribution < 1.29 is 14.7 Å². The van der Waals surface area contributed by atoms with Gasteiger partial charge in [0.25, 0.3) is 0 Å². The second-order valence-corrected chi connectivity index (χ2v) is 6.36. The Hall–Kier alpha value is -1.21. The molecule has 0 aliphatic heterocycles. The number of nitrogens with one attached hydrogen (secondary N) is 1. The molecule has 96 valence electrons. The molecule has 0 radical (unpaired) electrons. The van der Waals surface area contributed by atoms with Gasteiger partial charge in [-0.15, -0.1) is 0 Å². The number of amides is 1. The third-order valence-corrected chi connectivity index (χ3v) is 4.19. The lowest BCUT2D eigenvalue weighted by molar-refractivity contribution is -0.146. The molecule has 0 bridgehead atoms. The van der Waals surface area contributed by atoms with Gasteiger partial charge in [0.2, 0.25) is 5.91 Å². The van der Waals surface area contributed by atoms with Crippen molar-refractivity contribution in [3.8, 4) is 0 Å². The first kappa shape index (κ1) is 13.2. The van der Waals surface area contributed by atoms with Crippen LogP contribution in [-0.2, 0) is 9.59 Å². The van der Waals surface area contributed by atoms with Crippen LogP contribution in [0.3, 0.4) is 0 Å². The van der Waals surface area contributed by atoms with Crippen LogP contribution in [0, 0.1) is 11.8 Å². The number of rotatable bonds is 3. The number of thiazole rings is 1. The van der Waals surface area contributed by atoms with E-state index in [0.29, 0.717) is 18.0 Å². The Bertz CT molecular complexity index is 500.